The van der Waals surface area contributed by atoms with Crippen LogP contribution >= 0.6 is 0 Å². The van der Waals surface area contributed by atoms with Crippen molar-refractivity contribution in [3.8, 4) is 11.5 Å². The van der Waals surface area contributed by atoms with Gasteiger partial charge in [0.25, 0.3) is 0 Å². The highest BCUT2D eigenvalue weighted by atomic mass is 16.3. The smallest absolute Gasteiger partial charge is 0.141 e. The van der Waals surface area contributed by atoms with Crippen molar-refractivity contribution in [3.05, 3.63) is 45.5 Å². The fourth-order valence-corrected chi connectivity index (χ4v) is 3.58. The maximum atomic E-state index is 10.4. The average Bonchev–Trinajstić information content (AvgIpc) is 2.58. The third-order valence-corrected chi connectivity index (χ3v) is 5.22. The topological polar surface area (TPSA) is 92.5 Å². The summed E-state index contributed by atoms with van der Waals surface area (Å²) in [7, 11) is 0. The van der Waals surface area contributed by atoms with Crippen molar-refractivity contribution < 1.29 is 10.2 Å². The molecule has 0 radical (unpaired) electrons. The van der Waals surface area contributed by atoms with E-state index in [1.165, 1.54) is 0 Å². The zero-order valence-corrected chi connectivity index (χ0v) is 17.5. The van der Waals surface area contributed by atoms with Gasteiger partial charge in [-0.3, -0.25) is 0 Å². The lowest BCUT2D eigenvalue weighted by Gasteiger charge is -2.19. The largest absolute Gasteiger partial charge is 0.505 e. The Hall–Kier alpha value is -2.36. The van der Waals surface area contributed by atoms with Crippen molar-refractivity contribution in [3.63, 3.8) is 0 Å². The van der Waals surface area contributed by atoms with Crippen molar-refractivity contribution in [2.75, 3.05) is 11.5 Å². The molecular weight excluding hydrogens is 336 g/mol. The summed E-state index contributed by atoms with van der Waals surface area (Å²) in [5.41, 5.74) is 19.0. The summed E-state index contributed by atoms with van der Waals surface area (Å²) in [5, 5.41) is 20.8. The molecule has 0 atom stereocenters. The molecule has 4 heteroatoms. The standard InChI is InChI=1S/C23H34N2O2/c1-12(2)7-18-10-16(14(5)20(24)22(18)26)9-17-11-19(8-13(3)4)23(27)21(25)15(17)6/h10-13,26-27H,7-9,24-25H2,1-6H3. The Morgan fingerprint density at radius 2 is 1.04 bits per heavy atom. The number of rotatable bonds is 6. The van der Waals surface area contributed by atoms with E-state index < -0.39 is 0 Å². The number of nitrogen functional groups attached to an aromatic ring is 2. The molecule has 0 saturated heterocycles. The summed E-state index contributed by atoms with van der Waals surface area (Å²) in [4.78, 5) is 0. The number of aromatic hydroxyl groups is 2. The van der Waals surface area contributed by atoms with Gasteiger partial charge in [-0.15, -0.1) is 0 Å². The summed E-state index contributed by atoms with van der Waals surface area (Å²) >= 11 is 0. The van der Waals surface area contributed by atoms with Crippen molar-refractivity contribution in [1.82, 2.24) is 0 Å². The monoisotopic (exact) mass is 370 g/mol. The second kappa shape index (κ2) is 8.12. The first-order chi connectivity index (χ1) is 12.5. The summed E-state index contributed by atoms with van der Waals surface area (Å²) in [6, 6.07) is 4.12. The molecule has 0 amide bonds. The number of phenolic OH excluding ortho intramolecular Hbond substituents is 2. The number of nitrogens with two attached hydrogens (primary N) is 2. The molecule has 0 bridgehead atoms. The highest BCUT2D eigenvalue weighted by Crippen LogP contribution is 2.37. The van der Waals surface area contributed by atoms with Gasteiger partial charge in [0, 0.05) is 0 Å². The maximum absolute atomic E-state index is 10.4. The van der Waals surface area contributed by atoms with Crippen LogP contribution in [0, 0.1) is 25.7 Å². The van der Waals surface area contributed by atoms with Crippen LogP contribution in [-0.4, -0.2) is 10.2 Å². The Labute approximate surface area is 163 Å². The number of phenols is 2. The Bertz CT molecular complexity index is 770. The molecule has 0 aliphatic heterocycles. The minimum atomic E-state index is 0.201. The van der Waals surface area contributed by atoms with Crippen LogP contribution in [-0.2, 0) is 19.3 Å². The van der Waals surface area contributed by atoms with Gasteiger partial charge in [-0.25, -0.2) is 0 Å². The third-order valence-electron chi connectivity index (χ3n) is 5.22. The molecule has 2 aromatic carbocycles. The van der Waals surface area contributed by atoms with Crippen molar-refractivity contribution >= 4 is 11.4 Å². The molecule has 27 heavy (non-hydrogen) atoms. The SMILES string of the molecule is Cc1c(Cc2cc(CC(C)C)c(O)c(N)c2C)cc(CC(C)C)c(O)c1N. The van der Waals surface area contributed by atoms with E-state index in [2.05, 4.69) is 39.8 Å². The van der Waals surface area contributed by atoms with E-state index in [0.717, 1.165) is 46.2 Å². The van der Waals surface area contributed by atoms with Crippen molar-refractivity contribution in [1.29, 1.82) is 0 Å². The van der Waals surface area contributed by atoms with E-state index in [1.807, 2.05) is 13.8 Å². The van der Waals surface area contributed by atoms with Gasteiger partial charge in [0.1, 0.15) is 11.5 Å². The second-order valence-electron chi connectivity index (χ2n) is 8.54. The van der Waals surface area contributed by atoms with E-state index in [9.17, 15) is 10.2 Å². The predicted octanol–water partition coefficient (Wildman–Crippen LogP) is 4.87. The summed E-state index contributed by atoms with van der Waals surface area (Å²) < 4.78 is 0. The lowest BCUT2D eigenvalue weighted by Crippen LogP contribution is -2.06. The average molecular weight is 371 g/mol. The maximum Gasteiger partial charge on any atom is 0.141 e. The first kappa shape index (κ1) is 20.9. The van der Waals surface area contributed by atoms with E-state index in [0.29, 0.717) is 29.6 Å². The van der Waals surface area contributed by atoms with E-state index in [1.54, 1.807) is 0 Å². The zero-order valence-electron chi connectivity index (χ0n) is 17.5. The van der Waals surface area contributed by atoms with Crippen LogP contribution in [0.1, 0.15) is 61.1 Å². The highest BCUT2D eigenvalue weighted by molar-refractivity contribution is 5.67. The summed E-state index contributed by atoms with van der Waals surface area (Å²) in [6.45, 7) is 12.4. The quantitative estimate of drug-likeness (QED) is 0.431. The number of hydrogen-bond donors (Lipinski definition) is 4. The van der Waals surface area contributed by atoms with Crippen LogP contribution < -0.4 is 11.5 Å². The minimum absolute atomic E-state index is 0.201. The lowest BCUT2D eigenvalue weighted by molar-refractivity contribution is 0.464. The molecular formula is C23H34N2O2. The fourth-order valence-electron chi connectivity index (χ4n) is 3.58. The molecule has 0 aromatic heterocycles. The molecule has 0 saturated carbocycles. The zero-order chi connectivity index (χ0) is 20.5. The van der Waals surface area contributed by atoms with Gasteiger partial charge in [0.05, 0.1) is 11.4 Å². The van der Waals surface area contributed by atoms with Gasteiger partial charge < -0.3 is 21.7 Å². The molecule has 0 unspecified atom stereocenters. The van der Waals surface area contributed by atoms with Crippen molar-refractivity contribution in [2.24, 2.45) is 11.8 Å². The Kier molecular flexibility index (Phi) is 6.30. The van der Waals surface area contributed by atoms with E-state index in [-0.39, 0.29) is 11.5 Å². The minimum Gasteiger partial charge on any atom is -0.505 e. The number of hydrogen-bond acceptors (Lipinski definition) is 4. The normalized spacial score (nSPS) is 11.6. The van der Waals surface area contributed by atoms with Crippen LogP contribution in [0.5, 0.6) is 11.5 Å². The van der Waals surface area contributed by atoms with E-state index >= 15 is 0 Å². The lowest BCUT2D eigenvalue weighted by atomic mass is 9.89. The van der Waals surface area contributed by atoms with Crippen LogP contribution in [0.15, 0.2) is 12.1 Å². The van der Waals surface area contributed by atoms with Gasteiger partial charge in [-0.1, -0.05) is 39.8 Å². The van der Waals surface area contributed by atoms with Gasteiger partial charge in [0.2, 0.25) is 0 Å². The third kappa shape index (κ3) is 4.49. The summed E-state index contributed by atoms with van der Waals surface area (Å²) in [6.07, 6.45) is 2.22. The molecule has 148 valence electrons. The Balaban J connectivity index is 2.53. The van der Waals surface area contributed by atoms with Crippen LogP contribution in [0.3, 0.4) is 0 Å². The van der Waals surface area contributed by atoms with Gasteiger partial charge >= 0.3 is 0 Å². The molecule has 2 rings (SSSR count). The predicted molar refractivity (Wildman–Crippen MR) is 114 cm³/mol. The Morgan fingerprint density at radius 3 is 1.33 bits per heavy atom. The molecule has 0 fully saturated rings. The van der Waals surface area contributed by atoms with E-state index in [4.69, 9.17) is 11.5 Å². The highest BCUT2D eigenvalue weighted by Gasteiger charge is 2.18. The molecule has 0 spiro atoms. The molecule has 6 N–H and O–H groups in total. The number of anilines is 2. The summed E-state index contributed by atoms with van der Waals surface area (Å²) in [5.74, 6) is 1.25. The molecule has 2 aromatic rings. The fraction of sp³-hybridized carbons (Fsp3) is 0.478. The van der Waals surface area contributed by atoms with Gasteiger partial charge in [0.15, 0.2) is 0 Å². The molecule has 0 heterocycles. The first-order valence-electron chi connectivity index (χ1n) is 9.72. The molecule has 0 aliphatic carbocycles. The van der Waals surface area contributed by atoms with Crippen LogP contribution in [0.25, 0.3) is 0 Å². The van der Waals surface area contributed by atoms with Crippen LogP contribution in [0.4, 0.5) is 11.4 Å². The first-order valence-corrected chi connectivity index (χ1v) is 9.72. The van der Waals surface area contributed by atoms with Crippen molar-refractivity contribution in [2.45, 2.75) is 60.8 Å². The second-order valence-corrected chi connectivity index (χ2v) is 8.54. The van der Waals surface area contributed by atoms with Crippen LogP contribution in [0.2, 0.25) is 0 Å². The Morgan fingerprint density at radius 1 is 0.704 bits per heavy atom. The number of benzene rings is 2. The molecule has 4 nitrogen and oxygen atoms in total. The van der Waals surface area contributed by atoms with Gasteiger partial charge in [-0.2, -0.15) is 0 Å². The molecule has 0 aliphatic rings. The van der Waals surface area contributed by atoms with Gasteiger partial charge in [-0.05, 0) is 78.3 Å².